The molecular weight excluding hydrogens is 769 g/mol. The third kappa shape index (κ3) is 14.5. The minimum absolute atomic E-state index is 0.443. The van der Waals surface area contributed by atoms with Gasteiger partial charge in [0.05, 0.1) is 12.3 Å². The molecule has 5 fully saturated rings. The van der Waals surface area contributed by atoms with E-state index in [4.69, 9.17) is 0 Å². The molecule has 0 saturated carbocycles. The van der Waals surface area contributed by atoms with Gasteiger partial charge in [0.2, 0.25) is 0 Å². The number of thioether (sulfide) groups is 10. The average Bonchev–Trinajstić information content (AvgIpc) is 3.11. The van der Waals surface area contributed by atoms with E-state index in [0.29, 0.717) is 12.3 Å². The zero-order valence-corrected chi connectivity index (χ0v) is 36.0. The van der Waals surface area contributed by atoms with E-state index in [-0.39, 0.29) is 0 Å². The molecule has 18 heteroatoms. The van der Waals surface area contributed by atoms with E-state index in [1.165, 1.54) is 93.5 Å². The van der Waals surface area contributed by atoms with Gasteiger partial charge in [0.15, 0.2) is 0 Å². The van der Waals surface area contributed by atoms with Gasteiger partial charge in [0.25, 0.3) is 0 Å². The van der Waals surface area contributed by atoms with E-state index in [1.807, 2.05) is 0 Å². The highest BCUT2D eigenvalue weighted by Gasteiger charge is 2.28. The Kier molecular flexibility index (Phi) is 20.9. The van der Waals surface area contributed by atoms with Gasteiger partial charge in [-0.05, 0) is 13.8 Å². The van der Waals surface area contributed by atoms with Crippen LogP contribution in [0.25, 0.3) is 0 Å². The van der Waals surface area contributed by atoms with Crippen LogP contribution in [0.5, 0.6) is 0 Å². The fraction of sp³-hybridized carbons (Fsp3) is 1.00. The maximum Gasteiger partial charge on any atom is 0.0609 e. The normalized spacial score (nSPS) is 29.9. The summed E-state index contributed by atoms with van der Waals surface area (Å²) >= 11 is 21.0. The third-order valence-corrected chi connectivity index (χ3v) is 20.6. The van der Waals surface area contributed by atoms with Crippen LogP contribution < -0.4 is 0 Å². The summed E-state index contributed by atoms with van der Waals surface area (Å²) in [5.74, 6) is 13.9. The van der Waals surface area contributed by atoms with Gasteiger partial charge in [-0.15, -0.1) is 118 Å². The molecule has 0 aliphatic carbocycles. The SMILES string of the molecule is CC1N(CCN2CSCSC2)CSCN(CCN2CSCSC2)C(C)N(CCN2CSCSC2)CSCN1CCN1CSCSC1. The fourth-order valence-corrected chi connectivity index (χ4v) is 16.8. The van der Waals surface area contributed by atoms with Gasteiger partial charge in [0, 0.05) is 143 Å². The van der Waals surface area contributed by atoms with Crippen molar-refractivity contribution in [2.45, 2.75) is 26.2 Å². The quantitative estimate of drug-likeness (QED) is 0.237. The highest BCUT2D eigenvalue weighted by atomic mass is 32.2. The van der Waals surface area contributed by atoms with Crippen LogP contribution in [0, 0.1) is 0 Å². The number of rotatable bonds is 12. The molecule has 0 amide bonds. The highest BCUT2D eigenvalue weighted by molar-refractivity contribution is 8.17. The Labute approximate surface area is 323 Å². The molecule has 46 heavy (non-hydrogen) atoms. The monoisotopic (exact) mass is 824 g/mol. The Hall–Kier alpha value is 3.18. The Morgan fingerprint density at radius 2 is 0.522 bits per heavy atom. The summed E-state index contributed by atoms with van der Waals surface area (Å²) in [7, 11) is 0. The van der Waals surface area contributed by atoms with Crippen molar-refractivity contribution < 1.29 is 0 Å². The van der Waals surface area contributed by atoms with Crippen LogP contribution in [0.15, 0.2) is 0 Å². The van der Waals surface area contributed by atoms with Crippen molar-refractivity contribution in [3.05, 3.63) is 0 Å². The summed E-state index contributed by atoms with van der Waals surface area (Å²) in [6.45, 7) is 14.3. The molecule has 5 aliphatic rings. The van der Waals surface area contributed by atoms with Gasteiger partial charge in [-0.1, -0.05) is 0 Å². The largest absolute Gasteiger partial charge is 0.284 e. The number of hydrogen-bond donors (Lipinski definition) is 0. The van der Waals surface area contributed by atoms with Crippen molar-refractivity contribution in [2.75, 3.05) is 143 Å². The first kappa shape index (κ1) is 40.4. The predicted octanol–water partition coefficient (Wildman–Crippen LogP) is 5.81. The van der Waals surface area contributed by atoms with Gasteiger partial charge in [0.1, 0.15) is 0 Å². The molecule has 5 heterocycles. The first-order valence-corrected chi connectivity index (χ1v) is 27.8. The van der Waals surface area contributed by atoms with E-state index in [2.05, 4.69) is 171 Å². The van der Waals surface area contributed by atoms with Gasteiger partial charge in [-0.2, -0.15) is 0 Å². The summed E-state index contributed by atoms with van der Waals surface area (Å²) in [6, 6.07) is 0. The third-order valence-electron chi connectivity index (χ3n) is 8.81. The van der Waals surface area contributed by atoms with E-state index in [0.717, 1.165) is 49.7 Å². The van der Waals surface area contributed by atoms with Gasteiger partial charge in [-0.25, -0.2) is 0 Å². The second kappa shape index (κ2) is 23.8. The molecule has 8 nitrogen and oxygen atoms in total. The smallest absolute Gasteiger partial charge is 0.0609 e. The summed E-state index contributed by atoms with van der Waals surface area (Å²) in [4.78, 5) is 21.9. The molecule has 0 atom stereocenters. The van der Waals surface area contributed by atoms with Crippen LogP contribution in [-0.4, -0.2) is 195 Å². The molecule has 0 aromatic carbocycles. The van der Waals surface area contributed by atoms with Crippen LogP contribution >= 0.6 is 118 Å². The lowest BCUT2D eigenvalue weighted by molar-refractivity contribution is 0.0644. The summed E-state index contributed by atoms with van der Waals surface area (Å²) in [5.41, 5.74) is 0. The average molecular weight is 825 g/mol. The molecule has 5 rings (SSSR count). The minimum Gasteiger partial charge on any atom is -0.284 e. The van der Waals surface area contributed by atoms with E-state index < -0.39 is 0 Å². The molecular formula is C28H56N8S10. The van der Waals surface area contributed by atoms with Gasteiger partial charge in [-0.3, -0.25) is 39.2 Å². The minimum atomic E-state index is 0.443. The van der Waals surface area contributed by atoms with Crippen molar-refractivity contribution in [1.29, 1.82) is 0 Å². The molecule has 0 bridgehead atoms. The maximum absolute atomic E-state index is 2.81. The molecule has 0 N–H and O–H groups in total. The van der Waals surface area contributed by atoms with Crippen molar-refractivity contribution >= 4 is 118 Å². The molecule has 0 aromatic heterocycles. The Bertz CT molecular complexity index is 682. The summed E-state index contributed by atoms with van der Waals surface area (Å²) < 4.78 is 0. The maximum atomic E-state index is 2.81. The number of nitrogens with zero attached hydrogens (tertiary/aromatic N) is 8. The topological polar surface area (TPSA) is 25.9 Å². The second-order valence-electron chi connectivity index (χ2n) is 12.2. The van der Waals surface area contributed by atoms with Crippen molar-refractivity contribution in [3.63, 3.8) is 0 Å². The lowest BCUT2D eigenvalue weighted by Gasteiger charge is -2.43. The lowest BCUT2D eigenvalue weighted by Crippen LogP contribution is -2.53. The van der Waals surface area contributed by atoms with E-state index in [9.17, 15) is 0 Å². The Balaban J connectivity index is 1.26. The predicted molar refractivity (Wildman–Crippen MR) is 226 cm³/mol. The van der Waals surface area contributed by atoms with E-state index >= 15 is 0 Å². The second-order valence-corrected chi connectivity index (χ2v) is 23.1. The molecule has 268 valence electrons. The molecule has 5 saturated heterocycles. The molecule has 0 aromatic rings. The first-order chi connectivity index (χ1) is 22.7. The Morgan fingerprint density at radius 3 is 0.739 bits per heavy atom. The van der Waals surface area contributed by atoms with Crippen molar-refractivity contribution in [3.8, 4) is 0 Å². The number of hydrogen-bond acceptors (Lipinski definition) is 18. The van der Waals surface area contributed by atoms with Crippen LogP contribution in [-0.2, 0) is 0 Å². The van der Waals surface area contributed by atoms with Gasteiger partial charge >= 0.3 is 0 Å². The first-order valence-electron chi connectivity index (χ1n) is 16.3. The highest BCUT2D eigenvalue weighted by Crippen LogP contribution is 2.27. The van der Waals surface area contributed by atoms with Gasteiger partial charge < -0.3 is 0 Å². The van der Waals surface area contributed by atoms with Crippen LogP contribution in [0.1, 0.15) is 13.8 Å². The molecule has 0 radical (unpaired) electrons. The zero-order valence-electron chi connectivity index (χ0n) is 27.8. The zero-order chi connectivity index (χ0) is 31.8. The molecule has 5 aliphatic heterocycles. The lowest BCUT2D eigenvalue weighted by atomic mass is 10.3. The van der Waals surface area contributed by atoms with E-state index in [1.54, 1.807) is 0 Å². The standard InChI is InChI=1S/C28H56N8S10/c1-27-33(7-3-29-11-39-23-40-12-29)19-37-21-35(9-5-31-15-43-25-44-16-31)28(2)36(10-6-32-17-45-26-46-18-32)22-38-20-34(27)8-4-30-13-41-24-42-14-30/h27-28H,3-26H2,1-2H3. The van der Waals surface area contributed by atoms with Crippen molar-refractivity contribution in [1.82, 2.24) is 39.2 Å². The summed E-state index contributed by atoms with van der Waals surface area (Å²) in [5, 5.41) is 5.00. The molecule has 0 spiro atoms. The van der Waals surface area contributed by atoms with Crippen molar-refractivity contribution in [2.24, 2.45) is 0 Å². The fourth-order valence-electron chi connectivity index (χ4n) is 5.76. The Morgan fingerprint density at radius 1 is 0.304 bits per heavy atom. The van der Waals surface area contributed by atoms with Crippen LogP contribution in [0.2, 0.25) is 0 Å². The van der Waals surface area contributed by atoms with Crippen LogP contribution in [0.4, 0.5) is 0 Å². The molecule has 0 unspecified atom stereocenters. The van der Waals surface area contributed by atoms with Crippen LogP contribution in [0.3, 0.4) is 0 Å². The summed E-state index contributed by atoms with van der Waals surface area (Å²) in [6.07, 6.45) is 0.887.